The molecule has 1 atom stereocenters. The van der Waals surface area contributed by atoms with Crippen LogP contribution >= 0.6 is 0 Å². The second-order valence-electron chi connectivity index (χ2n) is 5.35. The van der Waals surface area contributed by atoms with E-state index in [4.69, 9.17) is 0 Å². The third-order valence-corrected chi connectivity index (χ3v) is 3.80. The Morgan fingerprint density at radius 1 is 1.28 bits per heavy atom. The summed E-state index contributed by atoms with van der Waals surface area (Å²) in [7, 11) is 2.06. The highest BCUT2D eigenvalue weighted by Crippen LogP contribution is 2.12. The van der Waals surface area contributed by atoms with Crippen LogP contribution in [-0.2, 0) is 9.59 Å². The molecular formula is C13H23N3O2. The van der Waals surface area contributed by atoms with Gasteiger partial charge in [0.25, 0.3) is 0 Å². The molecule has 2 amide bonds. The van der Waals surface area contributed by atoms with Crippen LogP contribution in [0.1, 0.15) is 32.1 Å². The summed E-state index contributed by atoms with van der Waals surface area (Å²) in [5.41, 5.74) is 0. The van der Waals surface area contributed by atoms with Gasteiger partial charge in [0.1, 0.15) is 0 Å². The average Bonchev–Trinajstić information content (AvgIpc) is 2.68. The molecule has 1 N–H and O–H groups in total. The lowest BCUT2D eigenvalue weighted by atomic mass is 10.0. The number of likely N-dealkylation sites (N-methyl/N-ethyl adjacent to an activating group) is 1. The Balaban J connectivity index is 1.69. The predicted octanol–water partition coefficient (Wildman–Crippen LogP) is 0.209. The van der Waals surface area contributed by atoms with Crippen molar-refractivity contribution < 1.29 is 9.59 Å². The minimum absolute atomic E-state index is 0.0100. The van der Waals surface area contributed by atoms with E-state index in [1.54, 1.807) is 0 Å². The molecule has 0 spiro atoms. The topological polar surface area (TPSA) is 52.7 Å². The second kappa shape index (κ2) is 6.29. The highest BCUT2D eigenvalue weighted by molar-refractivity contribution is 6.01. The number of nitrogens with zero attached hydrogens (tertiary/aromatic N) is 2. The van der Waals surface area contributed by atoms with Gasteiger partial charge in [-0.2, -0.15) is 0 Å². The quantitative estimate of drug-likeness (QED) is 0.712. The Morgan fingerprint density at radius 2 is 2.00 bits per heavy atom. The maximum atomic E-state index is 11.5. The predicted molar refractivity (Wildman–Crippen MR) is 69.1 cm³/mol. The number of amides is 2. The number of hydrogen-bond donors (Lipinski definition) is 1. The van der Waals surface area contributed by atoms with Gasteiger partial charge >= 0.3 is 0 Å². The highest BCUT2D eigenvalue weighted by Gasteiger charge is 2.28. The van der Waals surface area contributed by atoms with Crippen LogP contribution in [0.5, 0.6) is 0 Å². The molecule has 0 radical (unpaired) electrons. The monoisotopic (exact) mass is 253 g/mol. The molecule has 2 aliphatic heterocycles. The number of hydrogen-bond acceptors (Lipinski definition) is 4. The number of carbonyl (C=O) groups is 2. The molecule has 2 aliphatic rings. The van der Waals surface area contributed by atoms with Crippen molar-refractivity contribution in [2.24, 2.45) is 0 Å². The standard InChI is InChI=1S/C13H23N3O2/c1-15(10-11-4-2-3-7-14-11)8-9-16-12(17)5-6-13(16)18/h11,14H,2-10H2,1H3. The Hall–Kier alpha value is -0.940. The van der Waals surface area contributed by atoms with E-state index in [1.165, 1.54) is 24.2 Å². The number of likely N-dealkylation sites (tertiary alicyclic amines) is 1. The molecule has 2 saturated heterocycles. The lowest BCUT2D eigenvalue weighted by Crippen LogP contribution is -2.44. The van der Waals surface area contributed by atoms with Crippen LogP contribution in [0.2, 0.25) is 0 Å². The molecule has 0 aromatic rings. The zero-order valence-corrected chi connectivity index (χ0v) is 11.2. The van der Waals surface area contributed by atoms with Gasteiger partial charge in [0.05, 0.1) is 0 Å². The Bertz CT molecular complexity index is 297. The first-order valence-corrected chi connectivity index (χ1v) is 6.92. The Labute approximate surface area is 108 Å². The summed E-state index contributed by atoms with van der Waals surface area (Å²) in [6, 6.07) is 0.564. The highest BCUT2D eigenvalue weighted by atomic mass is 16.2. The van der Waals surface area contributed by atoms with Crippen molar-refractivity contribution in [2.75, 3.05) is 33.2 Å². The molecule has 0 aliphatic carbocycles. The Morgan fingerprint density at radius 3 is 2.61 bits per heavy atom. The van der Waals surface area contributed by atoms with Crippen LogP contribution in [0.4, 0.5) is 0 Å². The number of piperidine rings is 1. The Kier molecular flexibility index (Phi) is 4.72. The van der Waals surface area contributed by atoms with E-state index in [1.807, 2.05) is 0 Å². The van der Waals surface area contributed by atoms with E-state index in [9.17, 15) is 9.59 Å². The summed E-state index contributed by atoms with van der Waals surface area (Å²) >= 11 is 0. The van der Waals surface area contributed by atoms with Gasteiger partial charge in [-0.1, -0.05) is 6.42 Å². The summed E-state index contributed by atoms with van der Waals surface area (Å²) in [6.45, 7) is 3.42. The zero-order chi connectivity index (χ0) is 13.0. The van der Waals surface area contributed by atoms with Crippen molar-refractivity contribution in [3.63, 3.8) is 0 Å². The number of carbonyl (C=O) groups excluding carboxylic acids is 2. The maximum absolute atomic E-state index is 11.5. The molecule has 0 bridgehead atoms. The summed E-state index contributed by atoms with van der Waals surface area (Å²) in [4.78, 5) is 26.5. The van der Waals surface area contributed by atoms with E-state index in [0.717, 1.165) is 19.6 Å². The van der Waals surface area contributed by atoms with Crippen LogP contribution < -0.4 is 5.32 Å². The summed E-state index contributed by atoms with van der Waals surface area (Å²) in [5, 5.41) is 3.51. The van der Waals surface area contributed by atoms with E-state index in [2.05, 4.69) is 17.3 Å². The van der Waals surface area contributed by atoms with Gasteiger partial charge in [-0.25, -0.2) is 0 Å². The molecule has 2 rings (SSSR count). The van der Waals surface area contributed by atoms with Gasteiger partial charge in [0, 0.05) is 38.5 Å². The largest absolute Gasteiger partial charge is 0.313 e. The van der Waals surface area contributed by atoms with Gasteiger partial charge < -0.3 is 10.2 Å². The van der Waals surface area contributed by atoms with Crippen molar-refractivity contribution in [1.82, 2.24) is 15.1 Å². The first-order valence-electron chi connectivity index (χ1n) is 6.92. The third kappa shape index (κ3) is 3.53. The van der Waals surface area contributed by atoms with Gasteiger partial charge in [-0.15, -0.1) is 0 Å². The second-order valence-corrected chi connectivity index (χ2v) is 5.35. The fourth-order valence-corrected chi connectivity index (χ4v) is 2.69. The van der Waals surface area contributed by atoms with Crippen LogP contribution in [-0.4, -0.2) is 60.9 Å². The van der Waals surface area contributed by atoms with Crippen LogP contribution in [0.25, 0.3) is 0 Å². The molecule has 0 saturated carbocycles. The molecule has 5 heteroatoms. The van der Waals surface area contributed by atoms with Crippen LogP contribution in [0.3, 0.4) is 0 Å². The van der Waals surface area contributed by atoms with Gasteiger partial charge in [-0.3, -0.25) is 14.5 Å². The van der Waals surface area contributed by atoms with Crippen LogP contribution in [0.15, 0.2) is 0 Å². The molecule has 102 valence electrons. The molecule has 5 nitrogen and oxygen atoms in total. The molecule has 2 heterocycles. The van der Waals surface area contributed by atoms with Crippen LogP contribution in [0, 0.1) is 0 Å². The molecule has 2 fully saturated rings. The lowest BCUT2D eigenvalue weighted by molar-refractivity contribution is -0.138. The SMILES string of the molecule is CN(CCN1C(=O)CCC1=O)CC1CCCCN1. The van der Waals surface area contributed by atoms with Crippen molar-refractivity contribution in [2.45, 2.75) is 38.1 Å². The van der Waals surface area contributed by atoms with E-state index < -0.39 is 0 Å². The van der Waals surface area contributed by atoms with Crippen molar-refractivity contribution in [3.8, 4) is 0 Å². The van der Waals surface area contributed by atoms with Crippen molar-refractivity contribution in [1.29, 1.82) is 0 Å². The average molecular weight is 253 g/mol. The summed E-state index contributed by atoms with van der Waals surface area (Å²) in [5.74, 6) is -0.0200. The fourth-order valence-electron chi connectivity index (χ4n) is 2.69. The van der Waals surface area contributed by atoms with Gasteiger partial charge in [0.15, 0.2) is 0 Å². The number of rotatable bonds is 5. The normalized spacial score (nSPS) is 25.2. The van der Waals surface area contributed by atoms with E-state index in [-0.39, 0.29) is 11.8 Å². The lowest BCUT2D eigenvalue weighted by Gasteiger charge is -2.28. The number of imide groups is 1. The molecule has 18 heavy (non-hydrogen) atoms. The first kappa shape index (κ1) is 13.5. The van der Waals surface area contributed by atoms with E-state index >= 15 is 0 Å². The maximum Gasteiger partial charge on any atom is 0.229 e. The first-order chi connectivity index (χ1) is 8.66. The van der Waals surface area contributed by atoms with Crippen molar-refractivity contribution >= 4 is 11.8 Å². The third-order valence-electron chi connectivity index (χ3n) is 3.80. The van der Waals surface area contributed by atoms with Crippen molar-refractivity contribution in [3.05, 3.63) is 0 Å². The van der Waals surface area contributed by atoms with Gasteiger partial charge in [0.2, 0.25) is 11.8 Å². The molecule has 0 aromatic carbocycles. The fraction of sp³-hybridized carbons (Fsp3) is 0.846. The minimum Gasteiger partial charge on any atom is -0.313 e. The van der Waals surface area contributed by atoms with E-state index in [0.29, 0.717) is 25.4 Å². The zero-order valence-electron chi connectivity index (χ0n) is 11.2. The summed E-state index contributed by atoms with van der Waals surface area (Å²) in [6.07, 6.45) is 4.59. The smallest absolute Gasteiger partial charge is 0.229 e. The molecular weight excluding hydrogens is 230 g/mol. The minimum atomic E-state index is -0.0100. The number of nitrogens with one attached hydrogen (secondary N) is 1. The summed E-state index contributed by atoms with van der Waals surface area (Å²) < 4.78 is 0. The van der Waals surface area contributed by atoms with Gasteiger partial charge in [-0.05, 0) is 26.4 Å². The molecule has 0 aromatic heterocycles. The molecule has 1 unspecified atom stereocenters.